The molecule has 19 aromatic carbocycles. The molecule has 6 heterocycles. The van der Waals surface area contributed by atoms with Crippen LogP contribution in [-0.2, 0) is 27.9 Å². The summed E-state index contributed by atoms with van der Waals surface area (Å²) in [5, 5.41) is 17.3. The minimum absolute atomic E-state index is 0.465. The molecule has 0 radical (unpaired) electrons. The first-order chi connectivity index (χ1) is 70.2. The molecule has 0 atom stereocenters. The van der Waals surface area contributed by atoms with Crippen molar-refractivity contribution in [2.45, 2.75) is 117 Å². The Morgan fingerprint density at radius 3 is 0.752 bits per heavy atom. The Labute approximate surface area is 847 Å². The van der Waals surface area contributed by atoms with Crippen LogP contribution in [0, 0.1) is 0 Å². The fourth-order valence-corrected chi connectivity index (χ4v) is 20.0. The maximum atomic E-state index is 6.64. The molecule has 0 saturated carbocycles. The van der Waals surface area contributed by atoms with Crippen LogP contribution in [0.4, 0.5) is 0 Å². The molecule has 3 aliphatic rings. The Morgan fingerprint density at radius 2 is 0.386 bits per heavy atom. The van der Waals surface area contributed by atoms with Gasteiger partial charge in [0.1, 0.15) is 0 Å². The summed E-state index contributed by atoms with van der Waals surface area (Å²) in [4.78, 5) is 30.6. The van der Waals surface area contributed by atoms with Crippen molar-refractivity contribution in [2.75, 3.05) is 0 Å². The van der Waals surface area contributed by atoms with Crippen molar-refractivity contribution in [3.05, 3.63) is 431 Å². The van der Waals surface area contributed by atoms with E-state index in [0.717, 1.165) is 134 Å². The zero-order chi connectivity index (χ0) is 99.1. The largest absolute Gasteiger partial charge is 0.494 e. The quantitative estimate of drug-likeness (QED) is 0.0715. The van der Waals surface area contributed by atoms with Gasteiger partial charge in [-0.15, -0.1) is 0 Å². The SMILES string of the molecule is CC1(C)OB(c2cc(-c3cc(-c4ccccc4)nc(-c4ccccc4)n3)cc(-c3cc4ccccc4c4ccccc34)c2)OC1(C)C.CC1(C)OB(c2cc(-c3ccc4c(ccc5ccccc54)c3)cc(-c3cc(-c4ccccc4)nc(-c4ccccc4)n3)c2)OC1(C)C.CC1(C)OB(c2cc(-c3ccc4c5ccccc5c5ccccc5c4c3)cc(-c3cc(-c4ccccc4)nc(-c4ccccc4)n3)c2)OC1(C)C. The van der Waals surface area contributed by atoms with Crippen LogP contribution in [0.5, 0.6) is 0 Å². The predicted octanol–water partition coefficient (Wildman–Crippen LogP) is 30.4. The maximum absolute atomic E-state index is 6.64. The third-order valence-corrected chi connectivity index (χ3v) is 30.0. The van der Waals surface area contributed by atoms with E-state index in [1.165, 1.54) is 75.4 Å². The average molecular weight is 1880 g/mol. The fraction of sp³-hybridized carbons (Fsp3) is 0.138. The van der Waals surface area contributed by atoms with Gasteiger partial charge in [-0.05, 0) is 263 Å². The average Bonchev–Trinajstić information content (AvgIpc) is 1.73. The van der Waals surface area contributed by atoms with Crippen LogP contribution in [0.3, 0.4) is 0 Å². The Bertz CT molecular complexity index is 8480. The molecule has 3 aliphatic heterocycles. The standard InChI is InChI=1S/C46H37BN2O2.2C42H35BN2O2/c1-45(2)46(3,4)51-47(50-45)35-26-33(32-23-24-40-38-21-12-11-19-36(38)37-20-13-14-22-39(37)41(40)28-32)25-34(27-35)43-29-42(30-15-7-5-8-16-30)48-44(49-43)31-17-9-6-10-18-31;1-41(2)42(3,4)47-43(46-41)33-24-31(37-26-30-19-11-12-20-34(30)35-21-13-14-22-36(35)37)23-32(25-33)39-27-38(28-15-7-5-8-16-28)44-40(45-39)29-17-9-6-10-18-29;1-41(2)42(3,4)47-43(46-41)35-25-33(31-21-22-37-32(23-31)20-19-28-13-11-12-18-36(28)37)24-34(26-35)39-27-38(29-14-7-5-8-15-29)44-40(45-39)30-16-9-6-10-17-30/h5-29H,1-4H3;2*5-27H,1-4H3. The lowest BCUT2D eigenvalue weighted by Crippen LogP contribution is -2.41. The van der Waals surface area contributed by atoms with E-state index in [1.807, 2.05) is 109 Å². The maximum Gasteiger partial charge on any atom is 0.494 e. The molecule has 0 unspecified atom stereocenters. The van der Waals surface area contributed by atoms with Crippen molar-refractivity contribution >= 4 is 113 Å². The number of rotatable bonds is 15. The smallest absolute Gasteiger partial charge is 0.399 e. The summed E-state index contributed by atoms with van der Waals surface area (Å²) < 4.78 is 39.7. The van der Waals surface area contributed by atoms with Crippen molar-refractivity contribution in [2.24, 2.45) is 0 Å². The van der Waals surface area contributed by atoms with Crippen molar-refractivity contribution in [1.29, 1.82) is 0 Å². The van der Waals surface area contributed by atoms with Gasteiger partial charge in [0.25, 0.3) is 0 Å². The van der Waals surface area contributed by atoms with Gasteiger partial charge < -0.3 is 27.9 Å². The summed E-state index contributed by atoms with van der Waals surface area (Å²) in [5.74, 6) is 2.04. The Hall–Kier alpha value is -15.8. The van der Waals surface area contributed by atoms with Crippen LogP contribution in [0.1, 0.15) is 83.1 Å². The van der Waals surface area contributed by atoms with Crippen molar-refractivity contribution < 1.29 is 27.9 Å². The lowest BCUT2D eigenvalue weighted by Gasteiger charge is -2.32. The Kier molecular flexibility index (Phi) is 24.0. The molecule has 702 valence electrons. The molecule has 0 aliphatic carbocycles. The second-order valence-electron chi connectivity index (χ2n) is 41.1. The molecule has 25 rings (SSSR count). The van der Waals surface area contributed by atoms with Gasteiger partial charge in [-0.2, -0.15) is 0 Å². The van der Waals surface area contributed by atoms with Crippen LogP contribution in [-0.4, -0.2) is 84.9 Å². The highest BCUT2D eigenvalue weighted by Crippen LogP contribution is 2.46. The van der Waals surface area contributed by atoms with Crippen LogP contribution < -0.4 is 16.4 Å². The van der Waals surface area contributed by atoms with Gasteiger partial charge in [-0.1, -0.05) is 376 Å². The molecule has 15 heteroatoms. The zero-order valence-corrected chi connectivity index (χ0v) is 83.4. The number of hydrogen-bond acceptors (Lipinski definition) is 12. The van der Waals surface area contributed by atoms with Crippen molar-refractivity contribution in [3.8, 4) is 135 Å². The molecule has 0 N–H and O–H groups in total. The molecule has 145 heavy (non-hydrogen) atoms. The summed E-state index contributed by atoms with van der Waals surface area (Å²) >= 11 is 0. The van der Waals surface area contributed by atoms with Gasteiger partial charge >= 0.3 is 21.4 Å². The van der Waals surface area contributed by atoms with E-state index in [4.69, 9.17) is 57.8 Å². The molecule has 3 saturated heterocycles. The van der Waals surface area contributed by atoms with Crippen molar-refractivity contribution in [1.82, 2.24) is 29.9 Å². The molecule has 0 bridgehead atoms. The molecule has 0 amide bonds. The van der Waals surface area contributed by atoms with Gasteiger partial charge in [-0.3, -0.25) is 0 Å². The lowest BCUT2D eigenvalue weighted by molar-refractivity contribution is 0.00578. The normalized spacial score (nSPS) is 15.3. The van der Waals surface area contributed by atoms with Crippen LogP contribution in [0.2, 0.25) is 0 Å². The number of hydrogen-bond donors (Lipinski definition) is 0. The highest BCUT2D eigenvalue weighted by atomic mass is 16.7. The van der Waals surface area contributed by atoms with E-state index in [1.54, 1.807) is 0 Å². The summed E-state index contributed by atoms with van der Waals surface area (Å²) in [6.45, 7) is 25.1. The van der Waals surface area contributed by atoms with E-state index in [9.17, 15) is 0 Å². The van der Waals surface area contributed by atoms with Crippen LogP contribution >= 0.6 is 0 Å². The highest BCUT2D eigenvalue weighted by molar-refractivity contribution is 6.63. The molecule has 0 spiro atoms. The van der Waals surface area contributed by atoms with Gasteiger partial charge in [0.05, 0.1) is 67.8 Å². The van der Waals surface area contributed by atoms with E-state index in [0.29, 0.717) is 17.5 Å². The van der Waals surface area contributed by atoms with Gasteiger partial charge in [0, 0.05) is 50.1 Å². The third-order valence-electron chi connectivity index (χ3n) is 30.0. The van der Waals surface area contributed by atoms with E-state index < -0.39 is 55.0 Å². The van der Waals surface area contributed by atoms with Gasteiger partial charge in [0.2, 0.25) is 0 Å². The van der Waals surface area contributed by atoms with Gasteiger partial charge in [-0.25, -0.2) is 29.9 Å². The lowest BCUT2D eigenvalue weighted by atomic mass is 9.76. The van der Waals surface area contributed by atoms with Gasteiger partial charge in [0.15, 0.2) is 17.5 Å². The van der Waals surface area contributed by atoms with E-state index in [2.05, 4.69) is 405 Å². The molecule has 3 fully saturated rings. The van der Waals surface area contributed by atoms with Crippen LogP contribution in [0.15, 0.2) is 431 Å². The molecule has 3 aromatic heterocycles. The Balaban J connectivity index is 0.000000120. The first-order valence-electron chi connectivity index (χ1n) is 49.9. The second-order valence-corrected chi connectivity index (χ2v) is 41.1. The highest BCUT2D eigenvalue weighted by Gasteiger charge is 2.54. The number of fused-ring (bicyclic) bond motifs is 12. The second kappa shape index (κ2) is 37.5. The van der Waals surface area contributed by atoms with E-state index >= 15 is 0 Å². The number of aromatic nitrogens is 6. The summed E-state index contributed by atoms with van der Waals surface area (Å²) in [7, 11) is -1.59. The monoisotopic (exact) mass is 1880 g/mol. The number of benzene rings is 19. The minimum atomic E-state index is -0.539. The zero-order valence-electron chi connectivity index (χ0n) is 83.4. The molecular formula is C130H107B3N6O6. The minimum Gasteiger partial charge on any atom is -0.399 e. The summed E-state index contributed by atoms with van der Waals surface area (Å²) in [5.41, 5.74) is 20.7. The predicted molar refractivity (Wildman–Crippen MR) is 601 cm³/mol. The topological polar surface area (TPSA) is 133 Å². The summed E-state index contributed by atoms with van der Waals surface area (Å²) in [6, 6.07) is 151. The molecule has 22 aromatic rings. The molecule has 12 nitrogen and oxygen atoms in total. The Morgan fingerprint density at radius 1 is 0.152 bits per heavy atom. The fourth-order valence-electron chi connectivity index (χ4n) is 20.0. The third kappa shape index (κ3) is 18.2. The first kappa shape index (κ1) is 92.9. The molecular weight excluding hydrogens is 1770 g/mol. The van der Waals surface area contributed by atoms with E-state index in [-0.39, 0.29) is 0 Å². The number of nitrogens with zero attached hydrogens (tertiary/aromatic N) is 6. The van der Waals surface area contributed by atoms with Crippen LogP contribution in [0.25, 0.3) is 210 Å². The summed E-state index contributed by atoms with van der Waals surface area (Å²) in [6.07, 6.45) is 0. The van der Waals surface area contributed by atoms with Crippen molar-refractivity contribution in [3.63, 3.8) is 0 Å². The first-order valence-corrected chi connectivity index (χ1v) is 49.9.